The second kappa shape index (κ2) is 2.73. The van der Waals surface area contributed by atoms with Crippen LogP contribution in [0.15, 0.2) is 12.1 Å². The number of halogens is 1. The molecule has 0 spiro atoms. The van der Waals surface area contributed by atoms with E-state index in [1.54, 1.807) is 0 Å². The van der Waals surface area contributed by atoms with Crippen molar-refractivity contribution in [2.75, 3.05) is 0 Å². The van der Waals surface area contributed by atoms with E-state index < -0.39 is 0 Å². The zero-order chi connectivity index (χ0) is 8.72. The average Bonchev–Trinajstić information content (AvgIpc) is 2.39. The van der Waals surface area contributed by atoms with E-state index in [4.69, 9.17) is 0 Å². The Labute approximate surface area is 84.5 Å². The minimum Gasteiger partial charge on any atom is -0.342 e. The molecule has 2 rings (SSSR count). The molecule has 0 fully saturated rings. The molecule has 0 radical (unpaired) electrons. The number of nitrogens with zero attached hydrogens (tertiary/aromatic N) is 1. The third kappa shape index (κ3) is 1.12. The largest absolute Gasteiger partial charge is 0.342 e. The highest BCUT2D eigenvalue weighted by atomic mass is 127. The van der Waals surface area contributed by atoms with Gasteiger partial charge in [0.15, 0.2) is 0 Å². The van der Waals surface area contributed by atoms with Crippen LogP contribution < -0.4 is 0 Å². The smallest absolute Gasteiger partial charge is 0.104 e. The number of benzene rings is 1. The van der Waals surface area contributed by atoms with Gasteiger partial charge in [0.25, 0.3) is 0 Å². The number of fused-ring (bicyclic) bond motifs is 1. The van der Waals surface area contributed by atoms with Gasteiger partial charge in [0, 0.05) is 3.57 Å². The van der Waals surface area contributed by atoms with Crippen molar-refractivity contribution in [1.29, 1.82) is 0 Å². The number of aryl methyl sites for hydroxylation is 2. The molecule has 1 aromatic heterocycles. The van der Waals surface area contributed by atoms with E-state index in [2.05, 4.69) is 51.6 Å². The van der Waals surface area contributed by atoms with Crippen LogP contribution in [0.5, 0.6) is 0 Å². The zero-order valence-electron chi connectivity index (χ0n) is 6.98. The number of H-pyrrole nitrogens is 1. The molecule has 0 aliphatic heterocycles. The predicted molar refractivity (Wildman–Crippen MR) is 58.3 cm³/mol. The second-order valence-corrected chi connectivity index (χ2v) is 3.99. The Balaban J connectivity index is 2.89. The topological polar surface area (TPSA) is 28.7 Å². The second-order valence-electron chi connectivity index (χ2n) is 2.91. The molecular formula is C9H9IN2. The van der Waals surface area contributed by atoms with Gasteiger partial charge >= 0.3 is 0 Å². The molecule has 1 N–H and O–H groups in total. The summed E-state index contributed by atoms with van der Waals surface area (Å²) in [6.07, 6.45) is 0. The Morgan fingerprint density at radius 3 is 2.83 bits per heavy atom. The first-order chi connectivity index (χ1) is 5.68. The predicted octanol–water partition coefficient (Wildman–Crippen LogP) is 2.78. The van der Waals surface area contributed by atoms with E-state index in [0.29, 0.717) is 0 Å². The molecule has 0 aliphatic carbocycles. The van der Waals surface area contributed by atoms with Crippen molar-refractivity contribution >= 4 is 33.6 Å². The molecule has 0 bridgehead atoms. The van der Waals surface area contributed by atoms with Crippen molar-refractivity contribution in [2.45, 2.75) is 13.8 Å². The van der Waals surface area contributed by atoms with Crippen LogP contribution in [-0.2, 0) is 0 Å². The fourth-order valence-corrected chi connectivity index (χ4v) is 1.86. The fraction of sp³-hybridized carbons (Fsp3) is 0.222. The number of rotatable bonds is 0. The third-order valence-electron chi connectivity index (χ3n) is 1.90. The van der Waals surface area contributed by atoms with Gasteiger partial charge in [-0.15, -0.1) is 0 Å². The van der Waals surface area contributed by atoms with Crippen molar-refractivity contribution in [1.82, 2.24) is 9.97 Å². The summed E-state index contributed by atoms with van der Waals surface area (Å²) in [5.74, 6) is 0.980. The van der Waals surface area contributed by atoms with Crippen LogP contribution in [0.25, 0.3) is 11.0 Å². The van der Waals surface area contributed by atoms with Crippen LogP contribution in [0.3, 0.4) is 0 Å². The number of hydrogen-bond acceptors (Lipinski definition) is 1. The molecule has 0 unspecified atom stereocenters. The van der Waals surface area contributed by atoms with Gasteiger partial charge in [-0.1, -0.05) is 6.07 Å². The molecule has 0 saturated carbocycles. The normalized spacial score (nSPS) is 10.9. The monoisotopic (exact) mass is 272 g/mol. The molecule has 0 atom stereocenters. The molecule has 0 saturated heterocycles. The molecule has 12 heavy (non-hydrogen) atoms. The van der Waals surface area contributed by atoms with E-state index in [9.17, 15) is 0 Å². The minimum atomic E-state index is 0.980. The zero-order valence-corrected chi connectivity index (χ0v) is 9.14. The lowest BCUT2D eigenvalue weighted by molar-refractivity contribution is 1.17. The summed E-state index contributed by atoms with van der Waals surface area (Å²) >= 11 is 2.33. The van der Waals surface area contributed by atoms with Gasteiger partial charge in [0.05, 0.1) is 5.52 Å². The highest BCUT2D eigenvalue weighted by molar-refractivity contribution is 14.1. The number of hydrogen-bond donors (Lipinski definition) is 1. The molecule has 2 aromatic rings. The summed E-state index contributed by atoms with van der Waals surface area (Å²) in [5.41, 5.74) is 3.50. The van der Waals surface area contributed by atoms with Crippen LogP contribution in [0.4, 0.5) is 0 Å². The van der Waals surface area contributed by atoms with Crippen molar-refractivity contribution < 1.29 is 0 Å². The summed E-state index contributed by atoms with van der Waals surface area (Å²) in [6.45, 7) is 4.08. The molecule has 2 nitrogen and oxygen atoms in total. The summed E-state index contributed by atoms with van der Waals surface area (Å²) in [5, 5.41) is 0. The van der Waals surface area contributed by atoms with Crippen molar-refractivity contribution in [3.63, 3.8) is 0 Å². The number of nitrogens with one attached hydrogen (secondary N) is 1. The maximum Gasteiger partial charge on any atom is 0.104 e. The Kier molecular flexibility index (Phi) is 1.83. The SMILES string of the molecule is Cc1nc2c(I)c(C)ccc2[nH]1. The fourth-order valence-electron chi connectivity index (χ4n) is 1.27. The molecular weight excluding hydrogens is 263 g/mol. The van der Waals surface area contributed by atoms with Crippen molar-refractivity contribution in [3.05, 3.63) is 27.1 Å². The molecule has 62 valence electrons. The highest BCUT2D eigenvalue weighted by Gasteiger charge is 2.04. The number of imidazole rings is 1. The van der Waals surface area contributed by atoms with Crippen LogP contribution in [-0.4, -0.2) is 9.97 Å². The maximum absolute atomic E-state index is 4.41. The summed E-state index contributed by atoms with van der Waals surface area (Å²) in [7, 11) is 0. The van der Waals surface area contributed by atoms with E-state index in [0.717, 1.165) is 16.9 Å². The Hall–Kier alpha value is -0.580. The first-order valence-electron chi connectivity index (χ1n) is 3.80. The summed E-state index contributed by atoms with van der Waals surface area (Å²) < 4.78 is 1.24. The Morgan fingerprint density at radius 2 is 2.08 bits per heavy atom. The lowest BCUT2D eigenvalue weighted by Gasteiger charge is -1.96. The summed E-state index contributed by atoms with van der Waals surface area (Å²) in [6, 6.07) is 4.19. The molecule has 0 amide bonds. The third-order valence-corrected chi connectivity index (χ3v) is 3.27. The molecule has 1 aromatic carbocycles. The van der Waals surface area contributed by atoms with Crippen LogP contribution in [0.1, 0.15) is 11.4 Å². The van der Waals surface area contributed by atoms with Gasteiger partial charge in [-0.25, -0.2) is 4.98 Å². The minimum absolute atomic E-state index is 0.980. The van der Waals surface area contributed by atoms with Crippen LogP contribution in [0.2, 0.25) is 0 Å². The first kappa shape index (κ1) is 8.04. The Bertz CT molecular complexity index is 431. The van der Waals surface area contributed by atoms with Crippen molar-refractivity contribution in [2.24, 2.45) is 0 Å². The summed E-state index contributed by atoms with van der Waals surface area (Å²) in [4.78, 5) is 7.62. The van der Waals surface area contributed by atoms with Crippen molar-refractivity contribution in [3.8, 4) is 0 Å². The van der Waals surface area contributed by atoms with Gasteiger partial charge < -0.3 is 4.98 Å². The Morgan fingerprint density at radius 1 is 1.33 bits per heavy atom. The van der Waals surface area contributed by atoms with E-state index in [1.807, 2.05) is 6.92 Å². The van der Waals surface area contributed by atoms with Crippen LogP contribution in [0, 0.1) is 17.4 Å². The lowest BCUT2D eigenvalue weighted by Crippen LogP contribution is -1.81. The molecule has 3 heteroatoms. The van der Waals surface area contributed by atoms with E-state index >= 15 is 0 Å². The standard InChI is InChI=1S/C9H9IN2/c1-5-3-4-7-9(8(5)10)12-6(2)11-7/h3-4H,1-2H3,(H,11,12). The molecule has 1 heterocycles. The van der Waals surface area contributed by atoms with Gasteiger partial charge in [-0.2, -0.15) is 0 Å². The highest BCUT2D eigenvalue weighted by Crippen LogP contribution is 2.21. The number of aromatic nitrogens is 2. The lowest BCUT2D eigenvalue weighted by atomic mass is 10.2. The van der Waals surface area contributed by atoms with Gasteiger partial charge in [0.2, 0.25) is 0 Å². The average molecular weight is 272 g/mol. The van der Waals surface area contributed by atoms with Gasteiger partial charge in [-0.05, 0) is 48.1 Å². The van der Waals surface area contributed by atoms with Gasteiger partial charge in [-0.3, -0.25) is 0 Å². The quantitative estimate of drug-likeness (QED) is 0.734. The maximum atomic E-state index is 4.41. The number of aromatic amines is 1. The molecule has 0 aliphatic rings. The van der Waals surface area contributed by atoms with Crippen LogP contribution >= 0.6 is 22.6 Å². The van der Waals surface area contributed by atoms with E-state index in [1.165, 1.54) is 9.13 Å². The van der Waals surface area contributed by atoms with Gasteiger partial charge in [0.1, 0.15) is 11.3 Å². The first-order valence-corrected chi connectivity index (χ1v) is 4.88. The van der Waals surface area contributed by atoms with E-state index in [-0.39, 0.29) is 0 Å².